The number of hydrogen-bond acceptors (Lipinski definition) is 3. The zero-order chi connectivity index (χ0) is 14.2. The van der Waals surface area contributed by atoms with Gasteiger partial charge in [-0.1, -0.05) is 17.9 Å². The molecule has 0 saturated carbocycles. The molecule has 0 unspecified atom stereocenters. The Labute approximate surface area is 117 Å². The van der Waals surface area contributed by atoms with E-state index in [4.69, 9.17) is 14.3 Å². The summed E-state index contributed by atoms with van der Waals surface area (Å²) in [5.74, 6) is 6.02. The van der Waals surface area contributed by atoms with Crippen LogP contribution in [0.5, 0.6) is 0 Å². The number of rotatable bonds is 5. The Morgan fingerprint density at radius 2 is 2.15 bits per heavy atom. The Balaban J connectivity index is 2.01. The molecule has 0 saturated heterocycles. The van der Waals surface area contributed by atoms with Crippen molar-refractivity contribution >= 4 is 0 Å². The first-order valence-corrected chi connectivity index (χ1v) is 6.28. The maximum absolute atomic E-state index is 13.2. The summed E-state index contributed by atoms with van der Waals surface area (Å²) < 4.78 is 23.9. The summed E-state index contributed by atoms with van der Waals surface area (Å²) in [6.07, 6.45) is 1.95. The summed E-state index contributed by atoms with van der Waals surface area (Å²) in [5.41, 5.74) is 1.39. The second-order valence-electron chi connectivity index (χ2n) is 4.15. The second kappa shape index (κ2) is 7.49. The third kappa shape index (κ3) is 4.23. The van der Waals surface area contributed by atoms with Crippen molar-refractivity contribution in [2.75, 3.05) is 6.61 Å². The molecule has 0 atom stereocenters. The highest BCUT2D eigenvalue weighted by Crippen LogP contribution is 2.13. The van der Waals surface area contributed by atoms with Crippen LogP contribution in [-0.4, -0.2) is 11.7 Å². The summed E-state index contributed by atoms with van der Waals surface area (Å²) in [6.45, 7) is 0.671. The van der Waals surface area contributed by atoms with Gasteiger partial charge in [-0.3, -0.25) is 0 Å². The van der Waals surface area contributed by atoms with E-state index in [1.54, 1.807) is 18.4 Å². The molecule has 0 aliphatic heterocycles. The molecule has 1 N–H and O–H groups in total. The number of benzene rings is 1. The molecule has 104 valence electrons. The molecule has 20 heavy (non-hydrogen) atoms. The average molecular weight is 274 g/mol. The first kappa shape index (κ1) is 14.3. The van der Waals surface area contributed by atoms with Gasteiger partial charge in [0.1, 0.15) is 18.2 Å². The molecular weight excluding hydrogens is 259 g/mol. The largest absolute Gasteiger partial charge is 0.467 e. The van der Waals surface area contributed by atoms with Crippen LogP contribution in [0.1, 0.15) is 23.3 Å². The van der Waals surface area contributed by atoms with Crippen molar-refractivity contribution in [1.82, 2.24) is 0 Å². The van der Waals surface area contributed by atoms with Gasteiger partial charge in [0.25, 0.3) is 0 Å². The molecule has 1 aromatic carbocycles. The van der Waals surface area contributed by atoms with Crippen molar-refractivity contribution in [1.29, 1.82) is 0 Å². The maximum atomic E-state index is 13.2. The number of furan rings is 1. The van der Waals surface area contributed by atoms with Gasteiger partial charge in [-0.25, -0.2) is 4.39 Å². The lowest BCUT2D eigenvalue weighted by atomic mass is 10.1. The van der Waals surface area contributed by atoms with E-state index >= 15 is 0 Å². The Bertz CT molecular complexity index is 594. The van der Waals surface area contributed by atoms with Crippen molar-refractivity contribution < 1.29 is 18.7 Å². The normalized spacial score (nSPS) is 10.1. The van der Waals surface area contributed by atoms with Gasteiger partial charge in [-0.05, 0) is 29.8 Å². The molecule has 2 aromatic rings. The van der Waals surface area contributed by atoms with Crippen molar-refractivity contribution in [3.05, 3.63) is 59.3 Å². The van der Waals surface area contributed by atoms with Gasteiger partial charge in [0, 0.05) is 12.0 Å². The minimum Gasteiger partial charge on any atom is -0.467 e. The van der Waals surface area contributed by atoms with Crippen LogP contribution in [0.15, 0.2) is 41.0 Å². The fourth-order valence-corrected chi connectivity index (χ4v) is 1.66. The van der Waals surface area contributed by atoms with Gasteiger partial charge in [-0.15, -0.1) is 0 Å². The average Bonchev–Trinajstić information content (AvgIpc) is 2.95. The molecule has 1 aromatic heterocycles. The molecule has 0 amide bonds. The van der Waals surface area contributed by atoms with Crippen molar-refractivity contribution in [3.63, 3.8) is 0 Å². The van der Waals surface area contributed by atoms with E-state index in [0.717, 1.165) is 11.3 Å². The predicted octanol–water partition coefficient (Wildman–Crippen LogP) is 2.87. The summed E-state index contributed by atoms with van der Waals surface area (Å²) in [6, 6.07) is 8.02. The van der Waals surface area contributed by atoms with Gasteiger partial charge < -0.3 is 14.3 Å². The fourth-order valence-electron chi connectivity index (χ4n) is 1.66. The first-order chi connectivity index (χ1) is 9.79. The van der Waals surface area contributed by atoms with Gasteiger partial charge in [0.15, 0.2) is 0 Å². The molecular formula is C16H15FO3. The maximum Gasteiger partial charge on any atom is 0.129 e. The van der Waals surface area contributed by atoms with E-state index in [-0.39, 0.29) is 12.4 Å². The SMILES string of the molecule is OCCC#Cc1cc(F)ccc1COCc1ccco1. The highest BCUT2D eigenvalue weighted by atomic mass is 19.1. The van der Waals surface area contributed by atoms with Crippen LogP contribution in [-0.2, 0) is 18.0 Å². The van der Waals surface area contributed by atoms with E-state index in [1.807, 2.05) is 6.07 Å². The Morgan fingerprint density at radius 1 is 1.25 bits per heavy atom. The van der Waals surface area contributed by atoms with Crippen LogP contribution < -0.4 is 0 Å². The zero-order valence-electron chi connectivity index (χ0n) is 10.9. The predicted molar refractivity (Wildman–Crippen MR) is 72.2 cm³/mol. The van der Waals surface area contributed by atoms with Crippen LogP contribution >= 0.6 is 0 Å². The molecule has 0 bridgehead atoms. The van der Waals surface area contributed by atoms with Crippen LogP contribution in [0, 0.1) is 17.7 Å². The summed E-state index contributed by atoms with van der Waals surface area (Å²) >= 11 is 0. The number of halogens is 1. The highest BCUT2D eigenvalue weighted by molar-refractivity contribution is 5.41. The molecule has 0 aliphatic carbocycles. The molecule has 0 spiro atoms. The molecule has 1 heterocycles. The quantitative estimate of drug-likeness (QED) is 0.852. The van der Waals surface area contributed by atoms with Crippen LogP contribution in [0.25, 0.3) is 0 Å². The van der Waals surface area contributed by atoms with Gasteiger partial charge >= 0.3 is 0 Å². The smallest absolute Gasteiger partial charge is 0.129 e. The summed E-state index contributed by atoms with van der Waals surface area (Å²) in [7, 11) is 0. The van der Waals surface area contributed by atoms with Gasteiger partial charge in [-0.2, -0.15) is 0 Å². The number of aliphatic hydroxyl groups excluding tert-OH is 1. The van der Waals surface area contributed by atoms with Crippen LogP contribution in [0.2, 0.25) is 0 Å². The lowest BCUT2D eigenvalue weighted by Crippen LogP contribution is -1.97. The van der Waals surface area contributed by atoms with Crippen molar-refractivity contribution in [3.8, 4) is 11.8 Å². The molecule has 4 heteroatoms. The van der Waals surface area contributed by atoms with Crippen molar-refractivity contribution in [2.24, 2.45) is 0 Å². The Morgan fingerprint density at radius 3 is 2.90 bits per heavy atom. The van der Waals surface area contributed by atoms with Crippen molar-refractivity contribution in [2.45, 2.75) is 19.6 Å². The topological polar surface area (TPSA) is 42.6 Å². The minimum atomic E-state index is -0.340. The fraction of sp³-hybridized carbons (Fsp3) is 0.250. The van der Waals surface area contributed by atoms with E-state index in [2.05, 4.69) is 11.8 Å². The third-order valence-corrected chi connectivity index (χ3v) is 2.61. The molecule has 3 nitrogen and oxygen atoms in total. The number of ether oxygens (including phenoxy) is 1. The number of hydrogen-bond donors (Lipinski definition) is 1. The Kier molecular flexibility index (Phi) is 5.36. The van der Waals surface area contributed by atoms with Gasteiger partial charge in [0.05, 0.1) is 19.5 Å². The summed E-state index contributed by atoms with van der Waals surface area (Å²) in [5, 5.41) is 8.70. The molecule has 0 aliphatic rings. The zero-order valence-corrected chi connectivity index (χ0v) is 10.9. The van der Waals surface area contributed by atoms with Crippen LogP contribution in [0.4, 0.5) is 4.39 Å². The molecule has 2 rings (SSSR count). The minimum absolute atomic E-state index is 0.00730. The Hall–Kier alpha value is -2.09. The standard InChI is InChI=1S/C16H15FO3/c17-15-7-6-14(13(10-15)4-1-2-8-18)11-19-12-16-5-3-9-20-16/h3,5-7,9-10,18H,2,8,11-12H2. The second-order valence-corrected chi connectivity index (χ2v) is 4.15. The number of aliphatic hydroxyl groups is 1. The lowest BCUT2D eigenvalue weighted by molar-refractivity contribution is 0.0927. The highest BCUT2D eigenvalue weighted by Gasteiger charge is 2.03. The van der Waals surface area contributed by atoms with Gasteiger partial charge in [0.2, 0.25) is 0 Å². The summed E-state index contributed by atoms with van der Waals surface area (Å²) in [4.78, 5) is 0. The molecule has 0 fully saturated rings. The van der Waals surface area contributed by atoms with E-state index in [9.17, 15) is 4.39 Å². The molecule has 0 radical (unpaired) electrons. The lowest BCUT2D eigenvalue weighted by Gasteiger charge is -2.05. The third-order valence-electron chi connectivity index (χ3n) is 2.61. The van der Waals surface area contributed by atoms with E-state index < -0.39 is 0 Å². The van der Waals surface area contributed by atoms with Crippen LogP contribution in [0.3, 0.4) is 0 Å². The monoisotopic (exact) mass is 274 g/mol. The van der Waals surface area contributed by atoms with E-state index in [0.29, 0.717) is 25.2 Å². The van der Waals surface area contributed by atoms with E-state index in [1.165, 1.54) is 12.1 Å². The first-order valence-electron chi connectivity index (χ1n) is 6.28.